The molecule has 1 aliphatic heterocycles. The highest BCUT2D eigenvalue weighted by atomic mass is 19.1. The largest absolute Gasteiger partial charge is 0.350 e. The second-order valence-corrected chi connectivity index (χ2v) is 9.58. The quantitative estimate of drug-likeness (QED) is 0.771. The van der Waals surface area contributed by atoms with Gasteiger partial charge in [-0.1, -0.05) is 6.07 Å². The van der Waals surface area contributed by atoms with Crippen LogP contribution in [0.1, 0.15) is 44.1 Å². The molecule has 1 aromatic carbocycles. The highest BCUT2D eigenvalue weighted by Gasteiger charge is 2.58. The fourth-order valence-electron chi connectivity index (χ4n) is 6.49. The number of hydrogen-bond acceptors (Lipinski definition) is 4. The molecule has 0 spiro atoms. The monoisotopic (exact) mass is 393 g/mol. The van der Waals surface area contributed by atoms with E-state index in [4.69, 9.17) is 0 Å². The second-order valence-electron chi connectivity index (χ2n) is 9.58. The maximum atomic E-state index is 15.2. The van der Waals surface area contributed by atoms with E-state index in [0.29, 0.717) is 42.8 Å². The van der Waals surface area contributed by atoms with E-state index < -0.39 is 5.67 Å². The minimum atomic E-state index is -1.04. The summed E-state index contributed by atoms with van der Waals surface area (Å²) in [7, 11) is 1.89. The van der Waals surface area contributed by atoms with Gasteiger partial charge < -0.3 is 5.32 Å². The molecule has 5 aliphatic rings. The maximum absolute atomic E-state index is 15.2. The van der Waals surface area contributed by atoms with E-state index in [2.05, 4.69) is 20.7 Å². The number of amides is 1. The van der Waals surface area contributed by atoms with Crippen LogP contribution in [-0.4, -0.2) is 32.9 Å². The molecule has 2 heterocycles. The molecule has 6 nitrogen and oxygen atoms in total. The van der Waals surface area contributed by atoms with Gasteiger partial charge in [0.25, 0.3) is 5.91 Å². The number of aromatic nitrogens is 2. The fraction of sp³-hybridized carbons (Fsp3) is 0.500. The smallest absolute Gasteiger partial charge is 0.276 e. The Morgan fingerprint density at radius 3 is 2.83 bits per heavy atom. The number of rotatable bonds is 2. The number of aryl methyl sites for hydroxylation is 1. The third-order valence-electron chi connectivity index (χ3n) is 7.02. The van der Waals surface area contributed by atoms with Crippen molar-refractivity contribution in [2.75, 3.05) is 0 Å². The van der Waals surface area contributed by atoms with Gasteiger partial charge in [0.15, 0.2) is 0 Å². The molecule has 2 unspecified atom stereocenters. The van der Waals surface area contributed by atoms with Crippen LogP contribution in [0.15, 0.2) is 35.1 Å². The van der Waals surface area contributed by atoms with Gasteiger partial charge in [0.2, 0.25) is 5.96 Å². The number of aliphatic imine (C=N–C) groups is 1. The summed E-state index contributed by atoms with van der Waals surface area (Å²) in [5.74, 6) is 1.15. The van der Waals surface area contributed by atoms with Gasteiger partial charge >= 0.3 is 0 Å². The Morgan fingerprint density at radius 2 is 2.07 bits per heavy atom. The van der Waals surface area contributed by atoms with Gasteiger partial charge in [-0.2, -0.15) is 5.10 Å². The van der Waals surface area contributed by atoms with Gasteiger partial charge in [0, 0.05) is 30.6 Å². The third kappa shape index (κ3) is 2.86. The SMILES string of the molecule is Cn1cc2cc(/C=C3\N=C(NC45CC6CC(CC(F)(C6)C4)C5)NC3=O)ccc2n1. The molecule has 29 heavy (non-hydrogen) atoms. The number of fused-ring (bicyclic) bond motifs is 1. The lowest BCUT2D eigenvalue weighted by atomic mass is 9.52. The maximum Gasteiger partial charge on any atom is 0.276 e. The molecule has 1 amide bonds. The number of nitrogens with zero attached hydrogens (tertiary/aromatic N) is 3. The predicted molar refractivity (Wildman–Crippen MR) is 109 cm³/mol. The normalized spacial score (nSPS) is 36.7. The fourth-order valence-corrected chi connectivity index (χ4v) is 6.49. The van der Waals surface area contributed by atoms with Crippen molar-refractivity contribution in [3.05, 3.63) is 35.7 Å². The van der Waals surface area contributed by atoms with Crippen molar-refractivity contribution in [2.24, 2.45) is 23.9 Å². The molecular formula is C22H24FN5O. The van der Waals surface area contributed by atoms with E-state index in [1.54, 1.807) is 10.8 Å². The van der Waals surface area contributed by atoms with Crippen LogP contribution < -0.4 is 10.6 Å². The van der Waals surface area contributed by atoms with Crippen LogP contribution in [0.25, 0.3) is 17.0 Å². The summed E-state index contributed by atoms with van der Waals surface area (Å²) >= 11 is 0. The van der Waals surface area contributed by atoms with E-state index >= 15 is 4.39 Å². The number of carbonyl (C=O) groups excluding carboxylic acids is 1. The molecule has 0 radical (unpaired) electrons. The molecule has 4 saturated carbocycles. The van der Waals surface area contributed by atoms with E-state index in [9.17, 15) is 4.79 Å². The Labute approximate surface area is 168 Å². The third-order valence-corrected chi connectivity index (χ3v) is 7.02. The Morgan fingerprint density at radius 1 is 1.28 bits per heavy atom. The summed E-state index contributed by atoms with van der Waals surface area (Å²) in [6, 6.07) is 5.87. The lowest BCUT2D eigenvalue weighted by molar-refractivity contribution is -0.115. The zero-order chi connectivity index (χ0) is 19.8. The number of benzene rings is 1. The first kappa shape index (κ1) is 17.2. The van der Waals surface area contributed by atoms with Crippen molar-refractivity contribution in [1.29, 1.82) is 0 Å². The molecule has 1 aromatic heterocycles. The summed E-state index contributed by atoms with van der Waals surface area (Å²) in [5, 5.41) is 11.7. The van der Waals surface area contributed by atoms with E-state index in [-0.39, 0.29) is 11.4 Å². The number of guanidine groups is 1. The Hall–Kier alpha value is -2.70. The highest BCUT2D eigenvalue weighted by Crippen LogP contribution is 2.59. The Kier molecular flexibility index (Phi) is 3.36. The number of hydrogen-bond donors (Lipinski definition) is 2. The summed E-state index contributed by atoms with van der Waals surface area (Å²) < 4.78 is 17.0. The van der Waals surface area contributed by atoms with Gasteiger partial charge in [0.1, 0.15) is 11.4 Å². The molecule has 7 rings (SSSR count). The van der Waals surface area contributed by atoms with Crippen LogP contribution in [0.5, 0.6) is 0 Å². The summed E-state index contributed by atoms with van der Waals surface area (Å²) in [6.07, 6.45) is 8.76. The number of alkyl halides is 1. The predicted octanol–water partition coefficient (Wildman–Crippen LogP) is 3.05. The zero-order valence-electron chi connectivity index (χ0n) is 16.4. The highest BCUT2D eigenvalue weighted by molar-refractivity contribution is 6.14. The number of nitrogens with one attached hydrogen (secondary N) is 2. The molecule has 4 bridgehead atoms. The van der Waals surface area contributed by atoms with Gasteiger partial charge in [-0.15, -0.1) is 0 Å². The lowest BCUT2D eigenvalue weighted by Crippen LogP contribution is -2.65. The molecule has 150 valence electrons. The Bertz CT molecular complexity index is 1090. The van der Waals surface area contributed by atoms with Gasteiger partial charge in [0.05, 0.1) is 5.52 Å². The molecule has 2 atom stereocenters. The minimum Gasteiger partial charge on any atom is -0.350 e. The zero-order valence-corrected chi connectivity index (χ0v) is 16.4. The first-order valence-electron chi connectivity index (χ1n) is 10.4. The summed E-state index contributed by atoms with van der Waals surface area (Å²) in [6.45, 7) is 0. The second kappa shape index (κ2) is 5.68. The minimum absolute atomic E-state index is 0.224. The van der Waals surface area contributed by atoms with Crippen molar-refractivity contribution in [2.45, 2.75) is 49.7 Å². The first-order valence-corrected chi connectivity index (χ1v) is 10.4. The van der Waals surface area contributed by atoms with Gasteiger partial charge in [-0.05, 0) is 67.7 Å². The summed E-state index contributed by atoms with van der Waals surface area (Å²) in [4.78, 5) is 17.0. The van der Waals surface area contributed by atoms with Crippen LogP contribution in [0.2, 0.25) is 0 Å². The Balaban J connectivity index is 1.27. The molecule has 2 aromatic rings. The van der Waals surface area contributed by atoms with Crippen LogP contribution in [0.4, 0.5) is 4.39 Å². The van der Waals surface area contributed by atoms with Crippen LogP contribution in [0.3, 0.4) is 0 Å². The van der Waals surface area contributed by atoms with Gasteiger partial charge in [-0.25, -0.2) is 9.38 Å². The van der Waals surface area contributed by atoms with Crippen molar-refractivity contribution < 1.29 is 9.18 Å². The average Bonchev–Trinajstić information content (AvgIpc) is 3.13. The molecule has 2 N–H and O–H groups in total. The van der Waals surface area contributed by atoms with Crippen molar-refractivity contribution >= 4 is 28.8 Å². The number of carbonyl (C=O) groups is 1. The molecular weight excluding hydrogens is 369 g/mol. The molecule has 7 heteroatoms. The van der Waals surface area contributed by atoms with Crippen LogP contribution in [-0.2, 0) is 11.8 Å². The molecule has 4 fully saturated rings. The van der Waals surface area contributed by atoms with Crippen molar-refractivity contribution in [1.82, 2.24) is 20.4 Å². The van der Waals surface area contributed by atoms with Crippen LogP contribution >= 0.6 is 0 Å². The average molecular weight is 393 g/mol. The van der Waals surface area contributed by atoms with Crippen LogP contribution in [0, 0.1) is 11.8 Å². The van der Waals surface area contributed by atoms with Gasteiger partial charge in [-0.3, -0.25) is 14.8 Å². The van der Waals surface area contributed by atoms with E-state index in [1.165, 1.54) is 0 Å². The molecule has 0 saturated heterocycles. The molecule has 4 aliphatic carbocycles. The van der Waals surface area contributed by atoms with E-state index in [0.717, 1.165) is 35.7 Å². The topological polar surface area (TPSA) is 71.3 Å². The standard InChI is InChI=1S/C22H24FN5O/c1-28-11-16-5-13(2-3-17(16)27-28)6-18-19(29)25-20(24-18)26-22-9-14-4-15(10-22)8-21(23,7-14)12-22/h2-3,5-6,11,14-15H,4,7-10,12H2,1H3,(H2,24,25,26,29)/b18-6-. The summed E-state index contributed by atoms with van der Waals surface area (Å²) in [5.41, 5.74) is 0.875. The van der Waals surface area contributed by atoms with Crippen molar-refractivity contribution in [3.8, 4) is 0 Å². The van der Waals surface area contributed by atoms with Crippen molar-refractivity contribution in [3.63, 3.8) is 0 Å². The number of halogens is 1. The van der Waals surface area contributed by atoms with E-state index in [1.807, 2.05) is 31.4 Å². The lowest BCUT2D eigenvalue weighted by Gasteiger charge is -2.59. The first-order chi connectivity index (χ1) is 13.9.